The molecule has 0 spiro atoms. The number of nitrogens with zero attached hydrogens (tertiary/aromatic N) is 2. The number of unbranched alkanes of at least 4 members (excludes halogenated alkanes) is 1. The van der Waals surface area contributed by atoms with Crippen molar-refractivity contribution in [3.63, 3.8) is 0 Å². The summed E-state index contributed by atoms with van der Waals surface area (Å²) in [6, 6.07) is 11.4. The average Bonchev–Trinajstić information content (AvgIpc) is 2.80. The molecule has 1 fully saturated rings. The van der Waals surface area contributed by atoms with E-state index < -0.39 is 12.3 Å². The summed E-state index contributed by atoms with van der Waals surface area (Å²) < 4.78 is 0. The van der Waals surface area contributed by atoms with Crippen molar-refractivity contribution in [2.45, 2.75) is 63.7 Å². The summed E-state index contributed by atoms with van der Waals surface area (Å²) in [7, 11) is 0. The van der Waals surface area contributed by atoms with Crippen molar-refractivity contribution < 1.29 is 14.8 Å². The summed E-state index contributed by atoms with van der Waals surface area (Å²) in [5, 5.41) is 26.7. The Bertz CT molecular complexity index is 927. The van der Waals surface area contributed by atoms with E-state index in [4.69, 9.17) is 5.11 Å². The number of rotatable bonds is 11. The molecule has 1 atom stereocenters. The van der Waals surface area contributed by atoms with E-state index in [0.717, 1.165) is 42.4 Å². The van der Waals surface area contributed by atoms with Gasteiger partial charge in [-0.25, -0.2) is 5.32 Å². The number of allylic oxidation sites excluding steroid dienone is 1. The zero-order valence-electron chi connectivity index (χ0n) is 18.1. The molecule has 0 bridgehead atoms. The molecule has 2 aromatic rings. The molecule has 1 aromatic carbocycles. The molecule has 1 aromatic heterocycles. The molecule has 170 valence electrons. The van der Waals surface area contributed by atoms with E-state index in [9.17, 15) is 14.9 Å². The number of carbonyl (C=O) groups is 1. The second-order valence-electron chi connectivity index (χ2n) is 8.06. The fraction of sp³-hybridized carbons (Fsp3) is 0.417. The third-order valence-electron chi connectivity index (χ3n) is 5.60. The largest absolute Gasteiger partial charge is 0.481 e. The monoisotopic (exact) mass is 438 g/mol. The van der Waals surface area contributed by atoms with Crippen LogP contribution in [0.15, 0.2) is 54.9 Å². The summed E-state index contributed by atoms with van der Waals surface area (Å²) in [6.45, 7) is 0. The maximum Gasteiger partial charge on any atom is 0.343 e. The van der Waals surface area contributed by atoms with Crippen LogP contribution in [0.4, 0.5) is 5.69 Å². The van der Waals surface area contributed by atoms with Crippen LogP contribution in [0.3, 0.4) is 0 Å². The van der Waals surface area contributed by atoms with Gasteiger partial charge in [0, 0.05) is 36.1 Å². The zero-order chi connectivity index (χ0) is 22.8. The van der Waals surface area contributed by atoms with E-state index in [0.29, 0.717) is 18.5 Å². The fourth-order valence-corrected chi connectivity index (χ4v) is 4.01. The fourth-order valence-electron chi connectivity index (χ4n) is 4.01. The molecular weight excluding hydrogens is 408 g/mol. The van der Waals surface area contributed by atoms with Crippen molar-refractivity contribution in [2.75, 3.05) is 5.32 Å². The van der Waals surface area contributed by atoms with Gasteiger partial charge in [0.25, 0.3) is 0 Å². The normalized spacial score (nSPS) is 15.8. The van der Waals surface area contributed by atoms with Crippen LogP contribution < -0.4 is 10.6 Å². The summed E-state index contributed by atoms with van der Waals surface area (Å²) in [4.78, 5) is 26.4. The van der Waals surface area contributed by atoms with Crippen molar-refractivity contribution in [1.82, 2.24) is 10.3 Å². The SMILES string of the molecule is O=C(O)CCC/C=C(/c1cccnc1)c1cccc(NC(NC2CCCCC2)[N+](=O)[O-])c1. The Morgan fingerprint density at radius 1 is 1.22 bits per heavy atom. The number of hydrogen-bond acceptors (Lipinski definition) is 6. The van der Waals surface area contributed by atoms with E-state index >= 15 is 0 Å². The molecule has 0 saturated heterocycles. The molecule has 1 aliphatic rings. The van der Waals surface area contributed by atoms with Gasteiger partial charge in [0.1, 0.15) is 0 Å². The molecule has 3 N–H and O–H groups in total. The van der Waals surface area contributed by atoms with Gasteiger partial charge >= 0.3 is 12.3 Å². The van der Waals surface area contributed by atoms with Crippen LogP contribution in [-0.2, 0) is 4.79 Å². The highest BCUT2D eigenvalue weighted by molar-refractivity contribution is 5.80. The van der Waals surface area contributed by atoms with Gasteiger partial charge in [-0.15, -0.1) is 0 Å². The van der Waals surface area contributed by atoms with E-state index in [-0.39, 0.29) is 17.4 Å². The zero-order valence-corrected chi connectivity index (χ0v) is 18.1. The Balaban J connectivity index is 1.78. The molecule has 1 saturated carbocycles. The summed E-state index contributed by atoms with van der Waals surface area (Å²) in [5.74, 6) is -0.816. The average molecular weight is 439 g/mol. The van der Waals surface area contributed by atoms with Crippen LogP contribution in [0.25, 0.3) is 5.57 Å². The molecular formula is C24H30N4O4. The Hall–Kier alpha value is -3.26. The number of anilines is 1. The minimum atomic E-state index is -1.06. The van der Waals surface area contributed by atoms with Crippen LogP contribution in [0, 0.1) is 10.1 Å². The Morgan fingerprint density at radius 3 is 2.69 bits per heavy atom. The summed E-state index contributed by atoms with van der Waals surface area (Å²) >= 11 is 0. The lowest BCUT2D eigenvalue weighted by atomic mass is 9.95. The topological polar surface area (TPSA) is 117 Å². The molecule has 1 heterocycles. The second-order valence-corrected chi connectivity index (χ2v) is 8.06. The third kappa shape index (κ3) is 7.16. The Morgan fingerprint density at radius 2 is 2.00 bits per heavy atom. The van der Waals surface area contributed by atoms with Crippen molar-refractivity contribution in [3.8, 4) is 0 Å². The standard InChI is InChI=1S/C24H30N4O4/c29-23(30)14-5-4-13-22(19-9-7-15-25-17-19)18-8-6-12-21(16-18)27-24(28(31)32)26-20-10-2-1-3-11-20/h6-9,12-13,15-17,20,24,26-27H,1-5,10-11,14H2,(H,29,30)/b22-13+. The lowest BCUT2D eigenvalue weighted by molar-refractivity contribution is -0.522. The number of pyridine rings is 1. The number of nitro groups is 1. The summed E-state index contributed by atoms with van der Waals surface area (Å²) in [5.41, 5.74) is 3.36. The van der Waals surface area contributed by atoms with E-state index in [1.54, 1.807) is 12.4 Å². The first kappa shape index (κ1) is 23.4. The van der Waals surface area contributed by atoms with Gasteiger partial charge in [0.15, 0.2) is 0 Å². The summed E-state index contributed by atoms with van der Waals surface area (Å²) in [6.07, 6.45) is 10.9. The first-order chi connectivity index (χ1) is 15.5. The van der Waals surface area contributed by atoms with E-state index in [2.05, 4.69) is 15.6 Å². The Labute approximate surface area is 187 Å². The quantitative estimate of drug-likeness (QED) is 0.202. The molecule has 0 amide bonds. The van der Waals surface area contributed by atoms with Crippen molar-refractivity contribution in [3.05, 3.63) is 76.1 Å². The van der Waals surface area contributed by atoms with Crippen LogP contribution >= 0.6 is 0 Å². The number of nitrogens with one attached hydrogen (secondary N) is 2. The molecule has 1 unspecified atom stereocenters. The molecule has 0 aliphatic heterocycles. The number of aliphatic carboxylic acids is 1. The minimum absolute atomic E-state index is 0.107. The van der Waals surface area contributed by atoms with Crippen molar-refractivity contribution in [1.29, 1.82) is 0 Å². The molecule has 0 radical (unpaired) electrons. The van der Waals surface area contributed by atoms with E-state index in [1.807, 2.05) is 42.5 Å². The second kappa shape index (κ2) is 12.0. The highest BCUT2D eigenvalue weighted by Gasteiger charge is 2.25. The van der Waals surface area contributed by atoms with Crippen molar-refractivity contribution >= 4 is 17.2 Å². The predicted octanol–water partition coefficient (Wildman–Crippen LogP) is 4.66. The number of aromatic nitrogens is 1. The number of benzene rings is 1. The van der Waals surface area contributed by atoms with Gasteiger partial charge in [-0.3, -0.25) is 19.9 Å². The van der Waals surface area contributed by atoms with Crippen LogP contribution in [0.5, 0.6) is 0 Å². The highest BCUT2D eigenvalue weighted by atomic mass is 16.6. The molecule has 3 rings (SSSR count). The van der Waals surface area contributed by atoms with Gasteiger partial charge in [0.05, 0.1) is 4.92 Å². The maximum atomic E-state index is 11.7. The lowest BCUT2D eigenvalue weighted by Crippen LogP contribution is -2.48. The van der Waals surface area contributed by atoms with Gasteiger partial charge in [0.2, 0.25) is 0 Å². The van der Waals surface area contributed by atoms with Crippen LogP contribution in [0.1, 0.15) is 62.5 Å². The first-order valence-corrected chi connectivity index (χ1v) is 11.1. The number of carboxylic acids is 1. The lowest BCUT2D eigenvalue weighted by Gasteiger charge is -2.25. The Kier molecular flexibility index (Phi) is 8.74. The van der Waals surface area contributed by atoms with Crippen LogP contribution in [0.2, 0.25) is 0 Å². The molecule has 1 aliphatic carbocycles. The first-order valence-electron chi connectivity index (χ1n) is 11.1. The van der Waals surface area contributed by atoms with Crippen molar-refractivity contribution in [2.24, 2.45) is 0 Å². The minimum Gasteiger partial charge on any atom is -0.481 e. The van der Waals surface area contributed by atoms with Gasteiger partial charge in [-0.2, -0.15) is 0 Å². The van der Waals surface area contributed by atoms with Crippen LogP contribution in [-0.4, -0.2) is 33.3 Å². The third-order valence-corrected chi connectivity index (χ3v) is 5.60. The van der Waals surface area contributed by atoms with Gasteiger partial charge < -0.3 is 10.4 Å². The highest BCUT2D eigenvalue weighted by Crippen LogP contribution is 2.26. The molecule has 8 heteroatoms. The van der Waals surface area contributed by atoms with Gasteiger partial charge in [-0.1, -0.05) is 43.5 Å². The molecule has 8 nitrogen and oxygen atoms in total. The van der Waals surface area contributed by atoms with Gasteiger partial charge in [-0.05, 0) is 55.0 Å². The van der Waals surface area contributed by atoms with E-state index in [1.165, 1.54) is 6.42 Å². The smallest absolute Gasteiger partial charge is 0.343 e. The number of hydrogen-bond donors (Lipinski definition) is 3. The number of carboxylic acid groups (broad SMARTS) is 1. The predicted molar refractivity (Wildman–Crippen MR) is 124 cm³/mol. The molecule has 32 heavy (non-hydrogen) atoms. The maximum absolute atomic E-state index is 11.7.